The number of hydrogen-bond acceptors (Lipinski definition) is 5. The van der Waals surface area contributed by atoms with Crippen molar-refractivity contribution in [1.82, 2.24) is 14.9 Å². The molecule has 3 rings (SSSR count). The molecule has 0 amide bonds. The number of aliphatic imine (C=N–C) groups is 1. The fourth-order valence-electron chi connectivity index (χ4n) is 3.23. The second kappa shape index (κ2) is 12.0. The molecule has 1 saturated heterocycles. The number of hydrogen-bond donors (Lipinski definition) is 2. The molecule has 0 bridgehead atoms. The summed E-state index contributed by atoms with van der Waals surface area (Å²) in [6.45, 7) is 7.54. The SMILES string of the molecule is CCNC(=NCCNS(=O)(=O)c1cccs1)N1CCOC(c2ccccc2C)C1.I. The second-order valence-corrected chi connectivity index (χ2v) is 9.67. The average Bonchev–Trinajstić information content (AvgIpc) is 3.27. The third-order valence-corrected chi connectivity index (χ3v) is 7.52. The van der Waals surface area contributed by atoms with E-state index >= 15 is 0 Å². The van der Waals surface area contributed by atoms with Gasteiger partial charge in [0, 0.05) is 19.6 Å². The van der Waals surface area contributed by atoms with Gasteiger partial charge in [0.05, 0.1) is 19.7 Å². The normalized spacial score (nSPS) is 17.5. The molecule has 1 atom stereocenters. The fraction of sp³-hybridized carbons (Fsp3) is 0.450. The minimum atomic E-state index is -3.46. The lowest BCUT2D eigenvalue weighted by molar-refractivity contribution is -0.00832. The summed E-state index contributed by atoms with van der Waals surface area (Å²) in [5.74, 6) is 0.782. The molecule has 2 N–H and O–H groups in total. The van der Waals surface area contributed by atoms with E-state index in [4.69, 9.17) is 4.74 Å². The average molecular weight is 565 g/mol. The molecule has 0 radical (unpaired) electrons. The van der Waals surface area contributed by atoms with Crippen LogP contribution >= 0.6 is 35.3 Å². The summed E-state index contributed by atoms with van der Waals surface area (Å²) in [4.78, 5) is 6.80. The largest absolute Gasteiger partial charge is 0.370 e. The molecule has 1 aromatic heterocycles. The molecule has 2 heterocycles. The van der Waals surface area contributed by atoms with Crippen molar-refractivity contribution in [2.45, 2.75) is 24.2 Å². The smallest absolute Gasteiger partial charge is 0.250 e. The van der Waals surface area contributed by atoms with Crippen molar-refractivity contribution in [2.24, 2.45) is 4.99 Å². The van der Waals surface area contributed by atoms with E-state index in [2.05, 4.69) is 39.0 Å². The lowest BCUT2D eigenvalue weighted by Gasteiger charge is -2.35. The molecular formula is C20H29IN4O3S2. The van der Waals surface area contributed by atoms with Gasteiger partial charge in [-0.1, -0.05) is 30.3 Å². The van der Waals surface area contributed by atoms with Gasteiger partial charge in [0.1, 0.15) is 10.3 Å². The van der Waals surface area contributed by atoms with Crippen LogP contribution in [0.1, 0.15) is 24.2 Å². The highest BCUT2D eigenvalue weighted by atomic mass is 127. The van der Waals surface area contributed by atoms with Crippen molar-refractivity contribution in [3.05, 3.63) is 52.9 Å². The van der Waals surface area contributed by atoms with Gasteiger partial charge >= 0.3 is 0 Å². The number of morpholine rings is 1. The first-order chi connectivity index (χ1) is 14.0. The number of halogens is 1. The Hall–Kier alpha value is -1.21. The quantitative estimate of drug-likeness (QED) is 0.234. The van der Waals surface area contributed by atoms with Gasteiger partial charge in [0.25, 0.3) is 0 Å². The summed E-state index contributed by atoms with van der Waals surface area (Å²) in [5.41, 5.74) is 2.40. The van der Waals surface area contributed by atoms with Gasteiger partial charge in [0.2, 0.25) is 10.0 Å². The Bertz CT molecular complexity index is 920. The van der Waals surface area contributed by atoms with Gasteiger partial charge in [0.15, 0.2) is 5.96 Å². The number of nitrogens with one attached hydrogen (secondary N) is 2. The molecule has 1 aliphatic rings. The summed E-state index contributed by atoms with van der Waals surface area (Å²) in [6, 6.07) is 11.6. The molecule has 0 spiro atoms. The number of ether oxygens (including phenoxy) is 1. The number of thiophene rings is 1. The van der Waals surface area contributed by atoms with Crippen molar-refractivity contribution in [2.75, 3.05) is 39.3 Å². The molecule has 2 aromatic rings. The van der Waals surface area contributed by atoms with Gasteiger partial charge < -0.3 is 15.0 Å². The van der Waals surface area contributed by atoms with Gasteiger partial charge in [-0.3, -0.25) is 4.99 Å². The molecule has 0 aliphatic carbocycles. The molecule has 7 nitrogen and oxygen atoms in total. The standard InChI is InChI=1S/C20H28N4O3S2.HI/c1-3-21-20(22-10-11-23-29(25,26)19-9-6-14-28-19)24-12-13-27-18(15-24)17-8-5-4-7-16(17)2;/h4-9,14,18,23H,3,10-13,15H2,1-2H3,(H,21,22);1H. The van der Waals surface area contributed by atoms with Gasteiger partial charge in [-0.15, -0.1) is 35.3 Å². The van der Waals surface area contributed by atoms with Crippen LogP contribution in [0.5, 0.6) is 0 Å². The Morgan fingerprint density at radius 3 is 2.80 bits per heavy atom. The first kappa shape index (κ1) is 25.1. The van der Waals surface area contributed by atoms with E-state index in [-0.39, 0.29) is 36.6 Å². The third kappa shape index (κ3) is 6.64. The summed E-state index contributed by atoms with van der Waals surface area (Å²) in [5, 5.41) is 5.06. The number of guanidine groups is 1. The monoisotopic (exact) mass is 564 g/mol. The van der Waals surface area contributed by atoms with E-state index in [0.717, 1.165) is 19.0 Å². The Morgan fingerprint density at radius 1 is 1.30 bits per heavy atom. The molecule has 30 heavy (non-hydrogen) atoms. The Kier molecular flexibility index (Phi) is 10.0. The maximum Gasteiger partial charge on any atom is 0.250 e. The molecule has 166 valence electrons. The lowest BCUT2D eigenvalue weighted by atomic mass is 10.0. The topological polar surface area (TPSA) is 83.0 Å². The van der Waals surface area contributed by atoms with Crippen LogP contribution in [0.15, 0.2) is 51.0 Å². The van der Waals surface area contributed by atoms with Crippen molar-refractivity contribution in [1.29, 1.82) is 0 Å². The zero-order valence-corrected chi connectivity index (χ0v) is 21.2. The minimum absolute atomic E-state index is 0. The number of sulfonamides is 1. The van der Waals surface area contributed by atoms with E-state index < -0.39 is 10.0 Å². The highest BCUT2D eigenvalue weighted by Gasteiger charge is 2.25. The lowest BCUT2D eigenvalue weighted by Crippen LogP contribution is -2.48. The Morgan fingerprint density at radius 2 is 2.10 bits per heavy atom. The van der Waals surface area contributed by atoms with Crippen molar-refractivity contribution in [3.63, 3.8) is 0 Å². The van der Waals surface area contributed by atoms with Crippen LogP contribution in [0.3, 0.4) is 0 Å². The second-order valence-electron chi connectivity index (χ2n) is 6.73. The predicted molar refractivity (Wildman–Crippen MR) is 132 cm³/mol. The number of rotatable bonds is 7. The first-order valence-corrected chi connectivity index (χ1v) is 12.1. The zero-order chi connectivity index (χ0) is 20.7. The molecule has 1 unspecified atom stereocenters. The summed E-state index contributed by atoms with van der Waals surface area (Å²) < 4.78 is 33.3. The molecule has 0 saturated carbocycles. The van der Waals surface area contributed by atoms with Gasteiger partial charge in [-0.25, -0.2) is 13.1 Å². The fourth-order valence-corrected chi connectivity index (χ4v) is 5.29. The number of nitrogens with zero attached hydrogens (tertiary/aromatic N) is 2. The van der Waals surface area contributed by atoms with Crippen LogP contribution in [0.4, 0.5) is 0 Å². The molecule has 1 aromatic carbocycles. The summed E-state index contributed by atoms with van der Waals surface area (Å²) in [7, 11) is -3.46. The van der Waals surface area contributed by atoms with E-state index in [0.29, 0.717) is 23.9 Å². The van der Waals surface area contributed by atoms with E-state index in [1.807, 2.05) is 19.1 Å². The molecular weight excluding hydrogens is 535 g/mol. The number of aryl methyl sites for hydroxylation is 1. The maximum absolute atomic E-state index is 12.2. The third-order valence-electron chi connectivity index (χ3n) is 4.66. The zero-order valence-electron chi connectivity index (χ0n) is 17.2. The van der Waals surface area contributed by atoms with Crippen LogP contribution < -0.4 is 10.0 Å². The predicted octanol–water partition coefficient (Wildman–Crippen LogP) is 2.99. The Labute approximate surface area is 200 Å². The van der Waals surface area contributed by atoms with Crippen LogP contribution in [0.2, 0.25) is 0 Å². The van der Waals surface area contributed by atoms with E-state index in [1.165, 1.54) is 22.5 Å². The van der Waals surface area contributed by atoms with Crippen molar-refractivity contribution in [3.8, 4) is 0 Å². The molecule has 1 aliphatic heterocycles. The Balaban J connectivity index is 0.00000320. The van der Waals surface area contributed by atoms with E-state index in [1.54, 1.807) is 17.5 Å². The first-order valence-electron chi connectivity index (χ1n) is 9.75. The minimum Gasteiger partial charge on any atom is -0.370 e. The van der Waals surface area contributed by atoms with Crippen molar-refractivity contribution >= 4 is 51.3 Å². The van der Waals surface area contributed by atoms with Crippen LogP contribution in [0, 0.1) is 6.92 Å². The van der Waals surface area contributed by atoms with Crippen LogP contribution in [-0.4, -0.2) is 58.6 Å². The van der Waals surface area contributed by atoms with Crippen LogP contribution in [0.25, 0.3) is 0 Å². The summed E-state index contributed by atoms with van der Waals surface area (Å²) >= 11 is 1.20. The van der Waals surface area contributed by atoms with Crippen LogP contribution in [-0.2, 0) is 14.8 Å². The molecule has 10 heteroatoms. The highest BCUT2D eigenvalue weighted by Crippen LogP contribution is 2.25. The van der Waals surface area contributed by atoms with Gasteiger partial charge in [-0.05, 0) is 36.4 Å². The van der Waals surface area contributed by atoms with E-state index in [9.17, 15) is 8.42 Å². The van der Waals surface area contributed by atoms with Gasteiger partial charge in [-0.2, -0.15) is 0 Å². The van der Waals surface area contributed by atoms with Crippen molar-refractivity contribution < 1.29 is 13.2 Å². The summed E-state index contributed by atoms with van der Waals surface area (Å²) in [6.07, 6.45) is -0.00821. The highest BCUT2D eigenvalue weighted by molar-refractivity contribution is 14.0. The molecule has 1 fully saturated rings. The number of benzene rings is 1. The maximum atomic E-state index is 12.2.